The molecule has 2 amide bonds. The van der Waals surface area contributed by atoms with Crippen molar-refractivity contribution in [3.05, 3.63) is 41.6 Å². The number of anilines is 1. The second-order valence-electron chi connectivity index (χ2n) is 8.19. The first-order chi connectivity index (χ1) is 15.3. The van der Waals surface area contributed by atoms with Gasteiger partial charge in [-0.15, -0.1) is 0 Å². The minimum atomic E-state index is -3.41. The number of aromatic nitrogens is 2. The molecule has 1 aromatic carbocycles. The van der Waals surface area contributed by atoms with Crippen LogP contribution in [-0.4, -0.2) is 48.0 Å². The van der Waals surface area contributed by atoms with E-state index in [4.69, 9.17) is 5.11 Å². The summed E-state index contributed by atoms with van der Waals surface area (Å²) in [5.74, 6) is 0.967. The molecule has 1 heterocycles. The molecule has 0 saturated heterocycles. The Bertz CT molecular complexity index is 1050. The summed E-state index contributed by atoms with van der Waals surface area (Å²) < 4.78 is 24.5. The van der Waals surface area contributed by atoms with Gasteiger partial charge >= 0.3 is 6.09 Å². The van der Waals surface area contributed by atoms with Gasteiger partial charge in [0, 0.05) is 24.2 Å². The van der Waals surface area contributed by atoms with Crippen LogP contribution in [0.15, 0.2) is 35.2 Å². The molecular formula is C22H30N4O5S. The summed E-state index contributed by atoms with van der Waals surface area (Å²) in [6, 6.07) is 8.40. The van der Waals surface area contributed by atoms with E-state index in [0.717, 1.165) is 37.8 Å². The van der Waals surface area contributed by atoms with Gasteiger partial charge in [0.25, 0.3) is 0 Å². The molecule has 1 aromatic heterocycles. The van der Waals surface area contributed by atoms with E-state index in [0.29, 0.717) is 29.8 Å². The standard InChI is InChI=1S/C22H30N4O5S/c1-2-32(30,31)19-8-4-3-7-17(19)13-21(27)24-20-14-18(25-26-20)16-10-9-15(12-16)6-5-11-23-22(28)29/h3-4,7-8,14-16,23H,2,5-6,9-13H2,1H3,(H,28,29)(H2,24,25,26,27)/t15-,16-/m0/s1. The van der Waals surface area contributed by atoms with Gasteiger partial charge in [0.1, 0.15) is 0 Å². The predicted molar refractivity (Wildman–Crippen MR) is 120 cm³/mol. The van der Waals surface area contributed by atoms with Crippen molar-refractivity contribution in [1.29, 1.82) is 0 Å². The van der Waals surface area contributed by atoms with Gasteiger partial charge in [-0.2, -0.15) is 5.10 Å². The third-order valence-electron chi connectivity index (χ3n) is 5.95. The molecule has 0 radical (unpaired) electrons. The lowest BCUT2D eigenvalue weighted by molar-refractivity contribution is -0.115. The van der Waals surface area contributed by atoms with Crippen LogP contribution >= 0.6 is 0 Å². The third kappa shape index (κ3) is 6.32. The molecule has 32 heavy (non-hydrogen) atoms. The molecule has 1 saturated carbocycles. The van der Waals surface area contributed by atoms with Crippen LogP contribution in [0.1, 0.15) is 56.2 Å². The molecular weight excluding hydrogens is 432 g/mol. The molecule has 0 aliphatic heterocycles. The number of amides is 2. The fourth-order valence-corrected chi connectivity index (χ4v) is 5.42. The van der Waals surface area contributed by atoms with E-state index in [1.54, 1.807) is 25.1 Å². The zero-order chi connectivity index (χ0) is 23.1. The molecule has 174 valence electrons. The summed E-state index contributed by atoms with van der Waals surface area (Å²) in [4.78, 5) is 23.2. The SMILES string of the molecule is CCS(=O)(=O)c1ccccc1CC(=O)Nc1cc([C@H]2CC[C@H](CCCNC(=O)O)C2)[nH]n1. The summed E-state index contributed by atoms with van der Waals surface area (Å²) in [6.07, 6.45) is 3.88. The van der Waals surface area contributed by atoms with Crippen molar-refractivity contribution in [2.45, 2.75) is 56.3 Å². The first-order valence-electron chi connectivity index (χ1n) is 10.9. The second-order valence-corrected chi connectivity index (χ2v) is 10.4. The lowest BCUT2D eigenvalue weighted by Crippen LogP contribution is -2.22. The van der Waals surface area contributed by atoms with Crippen LogP contribution < -0.4 is 10.6 Å². The maximum absolute atomic E-state index is 12.5. The van der Waals surface area contributed by atoms with E-state index in [2.05, 4.69) is 20.8 Å². The minimum Gasteiger partial charge on any atom is -0.465 e. The number of hydrogen-bond acceptors (Lipinski definition) is 5. The Morgan fingerprint density at radius 1 is 1.25 bits per heavy atom. The van der Waals surface area contributed by atoms with Crippen LogP contribution in [-0.2, 0) is 21.1 Å². The Hall–Kier alpha value is -2.88. The quantitative estimate of drug-likeness (QED) is 0.399. The van der Waals surface area contributed by atoms with Gasteiger partial charge in [-0.05, 0) is 49.7 Å². The predicted octanol–water partition coefficient (Wildman–Crippen LogP) is 3.32. The Morgan fingerprint density at radius 2 is 2.03 bits per heavy atom. The number of aromatic amines is 1. The first kappa shape index (κ1) is 23.8. The van der Waals surface area contributed by atoms with Crippen molar-refractivity contribution < 1.29 is 23.1 Å². The zero-order valence-corrected chi connectivity index (χ0v) is 19.0. The molecule has 9 nitrogen and oxygen atoms in total. The van der Waals surface area contributed by atoms with Crippen molar-refractivity contribution in [2.24, 2.45) is 5.92 Å². The number of carbonyl (C=O) groups excluding carboxylic acids is 1. The number of nitrogens with one attached hydrogen (secondary N) is 3. The van der Waals surface area contributed by atoms with Gasteiger partial charge in [0.15, 0.2) is 15.7 Å². The highest BCUT2D eigenvalue weighted by atomic mass is 32.2. The van der Waals surface area contributed by atoms with Crippen molar-refractivity contribution in [2.75, 3.05) is 17.6 Å². The zero-order valence-electron chi connectivity index (χ0n) is 18.1. The largest absolute Gasteiger partial charge is 0.465 e. The molecule has 3 rings (SSSR count). The molecule has 1 fully saturated rings. The van der Waals surface area contributed by atoms with Crippen molar-refractivity contribution in [1.82, 2.24) is 15.5 Å². The molecule has 0 bridgehead atoms. The monoisotopic (exact) mass is 462 g/mol. The van der Waals surface area contributed by atoms with Gasteiger partial charge in [-0.25, -0.2) is 13.2 Å². The topological polar surface area (TPSA) is 141 Å². The molecule has 1 aliphatic carbocycles. The third-order valence-corrected chi connectivity index (χ3v) is 7.78. The Kier molecular flexibility index (Phi) is 7.89. The molecule has 10 heteroatoms. The van der Waals surface area contributed by atoms with E-state index >= 15 is 0 Å². The number of nitrogens with zero attached hydrogens (tertiary/aromatic N) is 1. The van der Waals surface area contributed by atoms with E-state index in [1.807, 2.05) is 6.07 Å². The fraction of sp³-hybridized carbons (Fsp3) is 0.500. The number of carboxylic acid groups (broad SMARTS) is 1. The van der Waals surface area contributed by atoms with E-state index in [-0.39, 0.29) is 23.0 Å². The summed E-state index contributed by atoms with van der Waals surface area (Å²) in [5.41, 5.74) is 1.44. The van der Waals surface area contributed by atoms with Crippen LogP contribution in [0, 0.1) is 5.92 Å². The fourth-order valence-electron chi connectivity index (χ4n) is 4.28. The average molecular weight is 463 g/mol. The lowest BCUT2D eigenvalue weighted by Gasteiger charge is -2.10. The number of rotatable bonds is 10. The Morgan fingerprint density at radius 3 is 2.78 bits per heavy atom. The van der Waals surface area contributed by atoms with E-state index in [1.165, 1.54) is 6.07 Å². The molecule has 2 aromatic rings. The van der Waals surface area contributed by atoms with Crippen molar-refractivity contribution in [3.63, 3.8) is 0 Å². The van der Waals surface area contributed by atoms with Crippen LogP contribution in [0.5, 0.6) is 0 Å². The van der Waals surface area contributed by atoms with Gasteiger partial charge in [-0.1, -0.05) is 25.1 Å². The van der Waals surface area contributed by atoms with Crippen LogP contribution in [0.25, 0.3) is 0 Å². The highest BCUT2D eigenvalue weighted by Crippen LogP contribution is 2.40. The van der Waals surface area contributed by atoms with Crippen LogP contribution in [0.4, 0.5) is 10.6 Å². The second kappa shape index (κ2) is 10.6. The molecule has 2 atom stereocenters. The highest BCUT2D eigenvalue weighted by molar-refractivity contribution is 7.91. The lowest BCUT2D eigenvalue weighted by atomic mass is 9.98. The average Bonchev–Trinajstić information content (AvgIpc) is 3.41. The van der Waals surface area contributed by atoms with Crippen LogP contribution in [0.2, 0.25) is 0 Å². The van der Waals surface area contributed by atoms with Crippen LogP contribution in [0.3, 0.4) is 0 Å². The number of carbonyl (C=O) groups is 2. The number of hydrogen-bond donors (Lipinski definition) is 4. The number of benzene rings is 1. The number of H-pyrrole nitrogens is 1. The normalized spacial score (nSPS) is 18.4. The maximum atomic E-state index is 12.5. The van der Waals surface area contributed by atoms with Crippen molar-refractivity contribution in [3.8, 4) is 0 Å². The molecule has 0 unspecified atom stereocenters. The summed E-state index contributed by atoms with van der Waals surface area (Å²) in [7, 11) is -3.41. The van der Waals surface area contributed by atoms with E-state index < -0.39 is 15.9 Å². The highest BCUT2D eigenvalue weighted by Gasteiger charge is 2.27. The molecule has 0 spiro atoms. The van der Waals surface area contributed by atoms with E-state index in [9.17, 15) is 18.0 Å². The maximum Gasteiger partial charge on any atom is 0.404 e. The smallest absolute Gasteiger partial charge is 0.404 e. The van der Waals surface area contributed by atoms with Gasteiger partial charge in [0.2, 0.25) is 5.91 Å². The van der Waals surface area contributed by atoms with Gasteiger partial charge in [-0.3, -0.25) is 9.89 Å². The minimum absolute atomic E-state index is 0.0210. The summed E-state index contributed by atoms with van der Waals surface area (Å²) in [6.45, 7) is 2.05. The Balaban J connectivity index is 1.53. The van der Waals surface area contributed by atoms with Crippen molar-refractivity contribution >= 4 is 27.7 Å². The molecule has 4 N–H and O–H groups in total. The Labute approximate surface area is 187 Å². The number of sulfone groups is 1. The first-order valence-corrected chi connectivity index (χ1v) is 12.6. The van der Waals surface area contributed by atoms with Gasteiger partial charge in [0.05, 0.1) is 17.1 Å². The summed E-state index contributed by atoms with van der Waals surface area (Å²) >= 11 is 0. The molecule has 1 aliphatic rings. The van der Waals surface area contributed by atoms with Gasteiger partial charge < -0.3 is 15.7 Å². The summed E-state index contributed by atoms with van der Waals surface area (Å²) in [5, 5.41) is 21.0.